The van der Waals surface area contributed by atoms with Crippen LogP contribution in [0.25, 0.3) is 0 Å². The largest absolute Gasteiger partial charge is 0.326 e. The van der Waals surface area contributed by atoms with Gasteiger partial charge < -0.3 is 5.73 Å². The van der Waals surface area contributed by atoms with Gasteiger partial charge in [-0.2, -0.15) is 0 Å². The van der Waals surface area contributed by atoms with Gasteiger partial charge in [-0.25, -0.2) is 4.39 Å². The summed E-state index contributed by atoms with van der Waals surface area (Å²) in [5.74, 6) is 0.439. The molecule has 108 valence electrons. The van der Waals surface area contributed by atoms with E-state index in [-0.39, 0.29) is 17.9 Å². The Bertz CT molecular complexity index is 364. The highest BCUT2D eigenvalue weighted by Crippen LogP contribution is 2.25. The molecule has 3 heteroatoms. The fourth-order valence-corrected chi connectivity index (χ4v) is 2.45. The van der Waals surface area contributed by atoms with E-state index in [1.807, 2.05) is 12.1 Å². The van der Waals surface area contributed by atoms with Crippen LogP contribution in [0.4, 0.5) is 4.39 Å². The number of hydrogen-bond donors (Lipinski definition) is 1. The van der Waals surface area contributed by atoms with Crippen molar-refractivity contribution in [1.82, 2.24) is 4.90 Å². The molecule has 0 aromatic heterocycles. The Kier molecular flexibility index (Phi) is 6.46. The first-order chi connectivity index (χ1) is 8.99. The molecule has 0 aliphatic carbocycles. The molecule has 2 N–H and O–H groups in total. The van der Waals surface area contributed by atoms with E-state index in [1.54, 1.807) is 0 Å². The van der Waals surface area contributed by atoms with Gasteiger partial charge in [0.25, 0.3) is 0 Å². The summed E-state index contributed by atoms with van der Waals surface area (Å²) < 4.78 is 13.1. The predicted octanol–water partition coefficient (Wildman–Crippen LogP) is 3.58. The van der Waals surface area contributed by atoms with Crippen molar-refractivity contribution in [2.45, 2.75) is 45.7 Å². The average molecular weight is 266 g/mol. The highest BCUT2D eigenvalue weighted by molar-refractivity contribution is 5.21. The van der Waals surface area contributed by atoms with Crippen molar-refractivity contribution >= 4 is 0 Å². The summed E-state index contributed by atoms with van der Waals surface area (Å²) in [4.78, 5) is 2.30. The van der Waals surface area contributed by atoms with Gasteiger partial charge in [-0.15, -0.1) is 0 Å². The van der Waals surface area contributed by atoms with Gasteiger partial charge in [0.15, 0.2) is 0 Å². The Hall–Kier alpha value is -0.930. The Labute approximate surface area is 116 Å². The Morgan fingerprint density at radius 1 is 1.16 bits per heavy atom. The molecule has 0 fully saturated rings. The van der Waals surface area contributed by atoms with Crippen LogP contribution in [0, 0.1) is 11.7 Å². The van der Waals surface area contributed by atoms with E-state index in [1.165, 1.54) is 12.1 Å². The molecule has 1 aromatic rings. The third-order valence-electron chi connectivity index (χ3n) is 3.86. The minimum atomic E-state index is -0.197. The van der Waals surface area contributed by atoms with Crippen molar-refractivity contribution < 1.29 is 4.39 Å². The highest BCUT2D eigenvalue weighted by atomic mass is 19.1. The van der Waals surface area contributed by atoms with Crippen molar-refractivity contribution in [1.29, 1.82) is 0 Å². The molecule has 0 aliphatic rings. The lowest BCUT2D eigenvalue weighted by molar-refractivity contribution is 0.182. The van der Waals surface area contributed by atoms with Crippen LogP contribution in [0.2, 0.25) is 0 Å². The maximum Gasteiger partial charge on any atom is 0.123 e. The molecule has 19 heavy (non-hydrogen) atoms. The lowest BCUT2D eigenvalue weighted by atomic mass is 9.95. The summed E-state index contributed by atoms with van der Waals surface area (Å²) in [7, 11) is 2.11. The summed E-state index contributed by atoms with van der Waals surface area (Å²) in [5, 5.41) is 0. The van der Waals surface area contributed by atoms with Crippen molar-refractivity contribution in [3.63, 3.8) is 0 Å². The van der Waals surface area contributed by atoms with Crippen LogP contribution in [-0.4, -0.2) is 24.5 Å². The average Bonchev–Trinajstić information content (AvgIpc) is 2.40. The molecule has 0 bridgehead atoms. The second-order valence-corrected chi connectivity index (χ2v) is 5.52. The second-order valence-electron chi connectivity index (χ2n) is 5.52. The maximum absolute atomic E-state index is 13.1. The fourth-order valence-electron chi connectivity index (χ4n) is 2.45. The number of nitrogens with zero attached hydrogens (tertiary/aromatic N) is 1. The van der Waals surface area contributed by atoms with Crippen LogP contribution in [0.15, 0.2) is 24.3 Å². The van der Waals surface area contributed by atoms with Crippen molar-refractivity contribution in [2.24, 2.45) is 11.7 Å². The van der Waals surface area contributed by atoms with Crippen LogP contribution >= 0.6 is 0 Å². The van der Waals surface area contributed by atoms with E-state index in [0.717, 1.165) is 24.9 Å². The van der Waals surface area contributed by atoms with Gasteiger partial charge in [0.2, 0.25) is 0 Å². The highest BCUT2D eigenvalue weighted by Gasteiger charge is 2.23. The first-order valence-electron chi connectivity index (χ1n) is 7.20. The second kappa shape index (κ2) is 7.61. The Balaban J connectivity index is 2.91. The van der Waals surface area contributed by atoms with E-state index in [4.69, 9.17) is 5.73 Å². The molecular formula is C16H27FN2. The lowest BCUT2D eigenvalue weighted by Gasteiger charge is -2.34. The van der Waals surface area contributed by atoms with E-state index in [0.29, 0.717) is 5.92 Å². The first-order valence-corrected chi connectivity index (χ1v) is 7.20. The van der Waals surface area contributed by atoms with Crippen molar-refractivity contribution in [3.05, 3.63) is 35.6 Å². The number of rotatable bonds is 7. The maximum atomic E-state index is 13.1. The zero-order chi connectivity index (χ0) is 14.4. The van der Waals surface area contributed by atoms with Gasteiger partial charge in [-0.1, -0.05) is 39.3 Å². The number of hydrogen-bond acceptors (Lipinski definition) is 2. The Morgan fingerprint density at radius 2 is 1.74 bits per heavy atom. The molecule has 3 unspecified atom stereocenters. The van der Waals surface area contributed by atoms with Crippen molar-refractivity contribution in [3.8, 4) is 0 Å². The molecule has 0 aliphatic heterocycles. The molecule has 0 spiro atoms. The lowest BCUT2D eigenvalue weighted by Crippen LogP contribution is -2.40. The van der Waals surface area contributed by atoms with E-state index >= 15 is 0 Å². The molecule has 0 saturated carbocycles. The van der Waals surface area contributed by atoms with Gasteiger partial charge in [0.1, 0.15) is 5.82 Å². The van der Waals surface area contributed by atoms with Gasteiger partial charge >= 0.3 is 0 Å². The minimum absolute atomic E-state index is 0.0690. The summed E-state index contributed by atoms with van der Waals surface area (Å²) >= 11 is 0. The summed E-state index contributed by atoms with van der Waals surface area (Å²) in [6.07, 6.45) is 2.06. The molecule has 0 heterocycles. The molecular weight excluding hydrogens is 239 g/mol. The molecule has 1 rings (SSSR count). The third kappa shape index (κ3) is 4.59. The van der Waals surface area contributed by atoms with E-state index in [9.17, 15) is 4.39 Å². The number of likely N-dealkylation sites (N-methyl/N-ethyl adjacent to an activating group) is 1. The fraction of sp³-hybridized carbons (Fsp3) is 0.625. The molecule has 3 atom stereocenters. The van der Waals surface area contributed by atoms with Gasteiger partial charge in [-0.05, 0) is 37.1 Å². The molecule has 1 aromatic carbocycles. The van der Waals surface area contributed by atoms with Gasteiger partial charge in [0.05, 0.1) is 0 Å². The topological polar surface area (TPSA) is 29.3 Å². The van der Waals surface area contributed by atoms with Crippen LogP contribution in [0.3, 0.4) is 0 Å². The number of halogens is 1. The van der Waals surface area contributed by atoms with Gasteiger partial charge in [0, 0.05) is 18.6 Å². The predicted molar refractivity (Wildman–Crippen MR) is 79.5 cm³/mol. The zero-order valence-corrected chi connectivity index (χ0v) is 12.6. The van der Waals surface area contributed by atoms with E-state index < -0.39 is 0 Å². The zero-order valence-electron chi connectivity index (χ0n) is 12.6. The third-order valence-corrected chi connectivity index (χ3v) is 3.86. The van der Waals surface area contributed by atoms with Crippen LogP contribution < -0.4 is 5.73 Å². The number of benzene rings is 1. The monoisotopic (exact) mass is 266 g/mol. The molecule has 2 nitrogen and oxygen atoms in total. The van der Waals surface area contributed by atoms with Crippen LogP contribution in [-0.2, 0) is 0 Å². The van der Waals surface area contributed by atoms with Gasteiger partial charge in [-0.3, -0.25) is 4.90 Å². The summed E-state index contributed by atoms with van der Waals surface area (Å²) in [5.41, 5.74) is 7.37. The number of nitrogens with two attached hydrogens (primary N) is 1. The SMILES string of the molecule is CCC(C)CN(C)C(c1ccc(F)cc1)C(N)CC. The van der Waals surface area contributed by atoms with E-state index in [2.05, 4.69) is 32.7 Å². The first kappa shape index (κ1) is 16.1. The standard InChI is InChI=1S/C16H27FN2/c1-5-12(3)11-19(4)16(15(18)6-2)13-7-9-14(17)10-8-13/h7-10,12,15-16H,5-6,11,18H2,1-4H3. The summed E-state index contributed by atoms with van der Waals surface area (Å²) in [6, 6.07) is 6.95. The quantitative estimate of drug-likeness (QED) is 0.817. The molecule has 0 amide bonds. The van der Waals surface area contributed by atoms with Crippen molar-refractivity contribution in [2.75, 3.05) is 13.6 Å². The normalized spacial score (nSPS) is 16.4. The van der Waals surface area contributed by atoms with Crippen LogP contribution in [0.1, 0.15) is 45.2 Å². The minimum Gasteiger partial charge on any atom is -0.326 e. The van der Waals surface area contributed by atoms with Crippen LogP contribution in [0.5, 0.6) is 0 Å². The molecule has 0 radical (unpaired) electrons. The summed E-state index contributed by atoms with van der Waals surface area (Å²) in [6.45, 7) is 7.55. The smallest absolute Gasteiger partial charge is 0.123 e. The Morgan fingerprint density at radius 3 is 2.21 bits per heavy atom. The molecule has 0 saturated heterocycles.